The Balaban J connectivity index is 1.64. The number of rotatable bonds is 6. The van der Waals surface area contributed by atoms with E-state index in [1.54, 1.807) is 30.5 Å². The van der Waals surface area contributed by atoms with Crippen molar-refractivity contribution >= 4 is 45.4 Å². The fraction of sp³-hybridized carbons (Fsp3) is 0.0667. The smallest absolute Gasteiger partial charge is 0.335 e. The predicted molar refractivity (Wildman–Crippen MR) is 97.4 cm³/mol. The van der Waals surface area contributed by atoms with E-state index in [9.17, 15) is 9.59 Å². The zero-order valence-corrected chi connectivity index (χ0v) is 15.4. The molecule has 0 saturated heterocycles. The minimum atomic E-state index is -1.01. The second-order valence-corrected chi connectivity index (χ2v) is 6.78. The minimum absolute atomic E-state index is 0.0886. The number of aromatic carboxylic acids is 1. The van der Waals surface area contributed by atoms with Crippen LogP contribution in [0.1, 0.15) is 10.4 Å². The van der Waals surface area contributed by atoms with Gasteiger partial charge >= 0.3 is 5.97 Å². The molecule has 0 aliphatic heterocycles. The van der Waals surface area contributed by atoms with Crippen molar-refractivity contribution < 1.29 is 14.7 Å². The quantitative estimate of drug-likeness (QED) is 0.566. The van der Waals surface area contributed by atoms with E-state index in [0.29, 0.717) is 16.7 Å². The number of halogens is 1. The summed E-state index contributed by atoms with van der Waals surface area (Å²) in [5.41, 5.74) is 0.759. The maximum Gasteiger partial charge on any atom is 0.335 e. The summed E-state index contributed by atoms with van der Waals surface area (Å²) in [6.07, 6.45) is 1.59. The van der Waals surface area contributed by atoms with Gasteiger partial charge in [0.1, 0.15) is 5.82 Å². The number of carbonyl (C=O) groups is 2. The Morgan fingerprint density at radius 1 is 1.19 bits per heavy atom. The summed E-state index contributed by atoms with van der Waals surface area (Å²) in [6.45, 7) is 0. The van der Waals surface area contributed by atoms with Crippen LogP contribution in [0, 0.1) is 0 Å². The van der Waals surface area contributed by atoms with Gasteiger partial charge in [-0.3, -0.25) is 4.79 Å². The van der Waals surface area contributed by atoms with Crippen molar-refractivity contribution in [2.24, 2.45) is 0 Å². The Labute approximate surface area is 160 Å². The largest absolute Gasteiger partial charge is 0.478 e. The first kappa shape index (κ1) is 18.0. The van der Waals surface area contributed by atoms with E-state index in [1.165, 1.54) is 16.8 Å². The molecule has 0 saturated carbocycles. The van der Waals surface area contributed by atoms with E-state index in [4.69, 9.17) is 5.11 Å². The molecule has 0 aliphatic rings. The van der Waals surface area contributed by atoms with Crippen LogP contribution in [0.5, 0.6) is 0 Å². The van der Waals surface area contributed by atoms with Crippen molar-refractivity contribution in [3.63, 3.8) is 0 Å². The van der Waals surface area contributed by atoms with E-state index >= 15 is 0 Å². The molecular formula is C15H11BrN6O3S. The second kappa shape index (κ2) is 8.06. The van der Waals surface area contributed by atoms with Gasteiger partial charge in [0.25, 0.3) is 0 Å². The third-order valence-corrected chi connectivity index (χ3v) is 4.52. The molecule has 9 nitrogen and oxygen atoms in total. The minimum Gasteiger partial charge on any atom is -0.478 e. The lowest BCUT2D eigenvalue weighted by Crippen LogP contribution is -2.15. The van der Waals surface area contributed by atoms with Crippen molar-refractivity contribution in [1.82, 2.24) is 25.2 Å². The van der Waals surface area contributed by atoms with Gasteiger partial charge in [0.05, 0.1) is 17.0 Å². The van der Waals surface area contributed by atoms with Crippen LogP contribution in [0.4, 0.5) is 5.82 Å². The number of carbonyl (C=O) groups excluding carboxylic acids is 1. The molecule has 0 spiro atoms. The number of pyridine rings is 1. The molecular weight excluding hydrogens is 424 g/mol. The van der Waals surface area contributed by atoms with Gasteiger partial charge in [-0.1, -0.05) is 11.8 Å². The Kier molecular flexibility index (Phi) is 5.58. The number of aromatic nitrogens is 5. The fourth-order valence-electron chi connectivity index (χ4n) is 1.93. The molecule has 0 atom stereocenters. The van der Waals surface area contributed by atoms with E-state index < -0.39 is 5.97 Å². The Morgan fingerprint density at radius 2 is 1.96 bits per heavy atom. The van der Waals surface area contributed by atoms with Gasteiger partial charge in [-0.15, -0.1) is 5.10 Å². The van der Waals surface area contributed by atoms with Gasteiger partial charge in [-0.25, -0.2) is 9.78 Å². The Morgan fingerprint density at radius 3 is 2.62 bits per heavy atom. The molecule has 2 aromatic heterocycles. The zero-order chi connectivity index (χ0) is 18.5. The molecule has 1 aromatic carbocycles. The van der Waals surface area contributed by atoms with Crippen LogP contribution in [0.15, 0.2) is 52.2 Å². The van der Waals surface area contributed by atoms with Crippen LogP contribution >= 0.6 is 27.7 Å². The molecule has 0 radical (unpaired) electrons. The predicted octanol–water partition coefficient (Wildman–Crippen LogP) is 2.25. The third-order valence-electron chi connectivity index (χ3n) is 3.13. The molecule has 3 rings (SSSR count). The molecule has 0 bridgehead atoms. The number of tetrazole rings is 1. The normalized spacial score (nSPS) is 10.5. The summed E-state index contributed by atoms with van der Waals surface area (Å²) in [5, 5.41) is 23.4. The SMILES string of the molecule is O=C(CSc1nnnn1-c1ccc(C(=O)O)cc1)Nc1ccc(Br)cn1. The topological polar surface area (TPSA) is 123 Å². The molecule has 1 amide bonds. The second-order valence-electron chi connectivity index (χ2n) is 4.92. The number of hydrogen-bond donors (Lipinski definition) is 2. The van der Waals surface area contributed by atoms with E-state index in [0.717, 1.165) is 16.2 Å². The standard InChI is InChI=1S/C15H11BrN6O3S/c16-10-3-6-12(17-7-10)18-13(23)8-26-15-19-20-21-22(15)11-4-1-9(2-5-11)14(24)25/h1-7H,8H2,(H,24,25)(H,17,18,23). The molecule has 26 heavy (non-hydrogen) atoms. The molecule has 0 fully saturated rings. The fourth-order valence-corrected chi connectivity index (χ4v) is 2.86. The van der Waals surface area contributed by atoms with Crippen molar-refractivity contribution in [2.45, 2.75) is 5.16 Å². The van der Waals surface area contributed by atoms with Crippen molar-refractivity contribution in [2.75, 3.05) is 11.1 Å². The summed E-state index contributed by atoms with van der Waals surface area (Å²) in [7, 11) is 0. The van der Waals surface area contributed by atoms with Crippen molar-refractivity contribution in [1.29, 1.82) is 0 Å². The number of carboxylic acid groups (broad SMARTS) is 1. The van der Waals surface area contributed by atoms with Crippen LogP contribution in [-0.4, -0.2) is 47.9 Å². The monoisotopic (exact) mass is 434 g/mol. The number of benzene rings is 1. The lowest BCUT2D eigenvalue weighted by molar-refractivity contribution is -0.113. The van der Waals surface area contributed by atoms with Crippen LogP contribution < -0.4 is 5.32 Å². The summed E-state index contributed by atoms with van der Waals surface area (Å²) in [5.74, 6) is -0.727. The third kappa shape index (κ3) is 4.43. The number of amides is 1. The first-order chi connectivity index (χ1) is 12.5. The molecule has 2 heterocycles. The Bertz CT molecular complexity index is 929. The van der Waals surface area contributed by atoms with Crippen molar-refractivity contribution in [3.05, 3.63) is 52.6 Å². The maximum atomic E-state index is 12.0. The summed E-state index contributed by atoms with van der Waals surface area (Å²) in [4.78, 5) is 27.0. The Hall–Kier alpha value is -2.79. The van der Waals surface area contributed by atoms with Gasteiger partial charge in [0.2, 0.25) is 11.1 Å². The highest BCUT2D eigenvalue weighted by Crippen LogP contribution is 2.19. The first-order valence-electron chi connectivity index (χ1n) is 7.19. The average molecular weight is 435 g/mol. The highest BCUT2D eigenvalue weighted by molar-refractivity contribution is 9.10. The molecule has 0 unspecified atom stereocenters. The van der Waals surface area contributed by atoms with E-state index in [2.05, 4.69) is 41.8 Å². The number of carboxylic acids is 1. The van der Waals surface area contributed by atoms with Gasteiger partial charge in [0, 0.05) is 10.7 Å². The van der Waals surface area contributed by atoms with Gasteiger partial charge < -0.3 is 10.4 Å². The summed E-state index contributed by atoms with van der Waals surface area (Å²) < 4.78 is 2.25. The van der Waals surface area contributed by atoms with Gasteiger partial charge in [0.15, 0.2) is 0 Å². The molecule has 2 N–H and O–H groups in total. The molecule has 11 heteroatoms. The molecule has 132 valence electrons. The zero-order valence-electron chi connectivity index (χ0n) is 13.0. The van der Waals surface area contributed by atoms with Crippen LogP contribution in [-0.2, 0) is 4.79 Å². The number of nitrogens with zero attached hydrogens (tertiary/aromatic N) is 5. The highest BCUT2D eigenvalue weighted by Gasteiger charge is 2.13. The lowest BCUT2D eigenvalue weighted by Gasteiger charge is -2.06. The first-order valence-corrected chi connectivity index (χ1v) is 8.97. The number of thioether (sulfide) groups is 1. The number of anilines is 1. The van der Waals surface area contributed by atoms with E-state index in [-0.39, 0.29) is 17.2 Å². The van der Waals surface area contributed by atoms with Crippen LogP contribution in [0.2, 0.25) is 0 Å². The van der Waals surface area contributed by atoms with Crippen molar-refractivity contribution in [3.8, 4) is 5.69 Å². The highest BCUT2D eigenvalue weighted by atomic mass is 79.9. The van der Waals surface area contributed by atoms with Crippen LogP contribution in [0.3, 0.4) is 0 Å². The number of hydrogen-bond acceptors (Lipinski definition) is 7. The van der Waals surface area contributed by atoms with E-state index in [1.807, 2.05) is 0 Å². The maximum absolute atomic E-state index is 12.0. The van der Waals surface area contributed by atoms with Crippen LogP contribution in [0.25, 0.3) is 5.69 Å². The molecule has 0 aliphatic carbocycles. The number of nitrogens with one attached hydrogen (secondary N) is 1. The van der Waals surface area contributed by atoms with Gasteiger partial charge in [-0.05, 0) is 62.8 Å². The molecule has 3 aromatic rings. The average Bonchev–Trinajstić information content (AvgIpc) is 3.10. The lowest BCUT2D eigenvalue weighted by atomic mass is 10.2. The van der Waals surface area contributed by atoms with Gasteiger partial charge in [-0.2, -0.15) is 4.68 Å². The summed E-state index contributed by atoms with van der Waals surface area (Å²) >= 11 is 4.43. The summed E-state index contributed by atoms with van der Waals surface area (Å²) in [6, 6.07) is 9.56.